The van der Waals surface area contributed by atoms with Crippen LogP contribution in [0, 0.1) is 6.92 Å². The number of amidine groups is 1. The van der Waals surface area contributed by atoms with Gasteiger partial charge in [-0.25, -0.2) is 0 Å². The van der Waals surface area contributed by atoms with Gasteiger partial charge in [-0.05, 0) is 45.7 Å². The molecule has 0 aromatic carbocycles. The van der Waals surface area contributed by atoms with E-state index in [1.165, 1.54) is 0 Å². The first-order chi connectivity index (χ1) is 9.34. The highest BCUT2D eigenvalue weighted by Crippen LogP contribution is 2.30. The van der Waals surface area contributed by atoms with Crippen LogP contribution in [0.2, 0.25) is 0 Å². The lowest BCUT2D eigenvalue weighted by molar-refractivity contribution is -0.0222. The van der Waals surface area contributed by atoms with Crippen molar-refractivity contribution in [3.8, 4) is 0 Å². The third-order valence-electron chi connectivity index (χ3n) is 3.72. The van der Waals surface area contributed by atoms with Gasteiger partial charge in [0.2, 0.25) is 0 Å². The van der Waals surface area contributed by atoms with Crippen molar-refractivity contribution in [2.45, 2.75) is 51.9 Å². The van der Waals surface area contributed by atoms with Crippen LogP contribution in [0.5, 0.6) is 0 Å². The molecule has 0 spiro atoms. The van der Waals surface area contributed by atoms with E-state index in [1.807, 2.05) is 6.92 Å². The van der Waals surface area contributed by atoms with Crippen molar-refractivity contribution >= 4 is 5.84 Å². The smallest absolute Gasteiger partial charge is 0.261 e. The molecule has 110 valence electrons. The van der Waals surface area contributed by atoms with Crippen molar-refractivity contribution in [3.63, 3.8) is 0 Å². The third-order valence-corrected chi connectivity index (χ3v) is 3.72. The van der Waals surface area contributed by atoms with Gasteiger partial charge in [-0.1, -0.05) is 5.16 Å². The lowest BCUT2D eigenvalue weighted by Gasteiger charge is -2.21. The van der Waals surface area contributed by atoms with Crippen molar-refractivity contribution in [1.82, 2.24) is 4.57 Å². The van der Waals surface area contributed by atoms with Crippen LogP contribution < -0.4 is 11.3 Å². The number of aromatic nitrogens is 1. The molecule has 0 radical (unpaired) electrons. The topological polar surface area (TPSA) is 89.8 Å². The quantitative estimate of drug-likeness (QED) is 0.376. The summed E-state index contributed by atoms with van der Waals surface area (Å²) in [6, 6.07) is 3.36. The van der Waals surface area contributed by atoms with Gasteiger partial charge in [-0.3, -0.25) is 4.79 Å². The molecular formula is C14H21N3O3. The molecule has 3 N–H and O–H groups in total. The Morgan fingerprint density at radius 2 is 2.30 bits per heavy atom. The fraction of sp³-hybridized carbons (Fsp3) is 0.571. The standard InChI is InChI=1S/C14H21N3O3/c1-9-4-5-11(12(15)16-19)13(18)17(9)8-10-6-7-14(2,3)20-10/h4-5,10,19H,6-8H2,1-3H3,(H2,15,16). The molecule has 20 heavy (non-hydrogen) atoms. The normalized spacial score (nSPS) is 22.1. The van der Waals surface area contributed by atoms with E-state index in [0.29, 0.717) is 6.54 Å². The fourth-order valence-electron chi connectivity index (χ4n) is 2.56. The second-order valence-electron chi connectivity index (χ2n) is 5.83. The summed E-state index contributed by atoms with van der Waals surface area (Å²) < 4.78 is 7.54. The zero-order valence-electron chi connectivity index (χ0n) is 12.1. The second kappa shape index (κ2) is 5.28. The van der Waals surface area contributed by atoms with Crippen molar-refractivity contribution in [3.05, 3.63) is 33.7 Å². The van der Waals surface area contributed by atoms with Gasteiger partial charge < -0.3 is 20.2 Å². The minimum Gasteiger partial charge on any atom is -0.409 e. The summed E-state index contributed by atoms with van der Waals surface area (Å²) in [6.07, 6.45) is 1.92. The van der Waals surface area contributed by atoms with Gasteiger partial charge in [-0.15, -0.1) is 0 Å². The Morgan fingerprint density at radius 3 is 2.85 bits per heavy atom. The molecule has 1 aromatic rings. The van der Waals surface area contributed by atoms with Crippen molar-refractivity contribution in [2.75, 3.05) is 0 Å². The molecule has 2 rings (SSSR count). The van der Waals surface area contributed by atoms with Gasteiger partial charge in [0.15, 0.2) is 5.84 Å². The summed E-state index contributed by atoms with van der Waals surface area (Å²) in [5, 5.41) is 11.6. The maximum atomic E-state index is 12.4. The molecule has 2 heterocycles. The van der Waals surface area contributed by atoms with Crippen molar-refractivity contribution in [2.24, 2.45) is 10.9 Å². The molecule has 1 aromatic heterocycles. The molecule has 1 aliphatic heterocycles. The van der Waals surface area contributed by atoms with Crippen LogP contribution in [-0.4, -0.2) is 27.3 Å². The molecule has 0 aliphatic carbocycles. The molecule has 0 bridgehead atoms. The number of oxime groups is 1. The average molecular weight is 279 g/mol. The maximum absolute atomic E-state index is 12.4. The lowest BCUT2D eigenvalue weighted by Crippen LogP contribution is -2.34. The second-order valence-corrected chi connectivity index (χ2v) is 5.83. The van der Waals surface area contributed by atoms with E-state index in [4.69, 9.17) is 15.7 Å². The highest BCUT2D eigenvalue weighted by molar-refractivity contribution is 5.96. The van der Waals surface area contributed by atoms with Gasteiger partial charge >= 0.3 is 0 Å². The number of nitrogens with zero attached hydrogens (tertiary/aromatic N) is 2. The Labute approximate surface area is 117 Å². The van der Waals surface area contributed by atoms with Gasteiger partial charge in [0.25, 0.3) is 5.56 Å². The molecule has 0 saturated carbocycles. The molecule has 1 aliphatic rings. The number of nitrogens with two attached hydrogens (primary N) is 1. The summed E-state index contributed by atoms with van der Waals surface area (Å²) in [6.45, 7) is 6.45. The highest BCUT2D eigenvalue weighted by atomic mass is 16.5. The average Bonchev–Trinajstić information content (AvgIpc) is 2.73. The largest absolute Gasteiger partial charge is 0.409 e. The monoisotopic (exact) mass is 279 g/mol. The van der Waals surface area contributed by atoms with Crippen LogP contribution in [0.15, 0.2) is 22.1 Å². The van der Waals surface area contributed by atoms with Crippen LogP contribution in [0.3, 0.4) is 0 Å². The Kier molecular flexibility index (Phi) is 3.85. The number of ether oxygens (including phenoxy) is 1. The molecule has 6 nitrogen and oxygen atoms in total. The summed E-state index contributed by atoms with van der Waals surface area (Å²) in [7, 11) is 0. The fourth-order valence-corrected chi connectivity index (χ4v) is 2.56. The first-order valence-electron chi connectivity index (χ1n) is 6.70. The maximum Gasteiger partial charge on any atom is 0.261 e. The van der Waals surface area contributed by atoms with E-state index in [1.54, 1.807) is 16.7 Å². The van der Waals surface area contributed by atoms with Crippen LogP contribution in [0.4, 0.5) is 0 Å². The lowest BCUT2D eigenvalue weighted by atomic mass is 10.1. The van der Waals surface area contributed by atoms with Crippen LogP contribution in [0.25, 0.3) is 0 Å². The first-order valence-corrected chi connectivity index (χ1v) is 6.70. The van der Waals surface area contributed by atoms with Crippen LogP contribution >= 0.6 is 0 Å². The van der Waals surface area contributed by atoms with Gasteiger partial charge in [0.1, 0.15) is 0 Å². The number of hydrogen-bond donors (Lipinski definition) is 2. The van der Waals surface area contributed by atoms with E-state index in [-0.39, 0.29) is 28.7 Å². The summed E-state index contributed by atoms with van der Waals surface area (Å²) >= 11 is 0. The zero-order valence-corrected chi connectivity index (χ0v) is 12.1. The number of hydrogen-bond acceptors (Lipinski definition) is 4. The van der Waals surface area contributed by atoms with Gasteiger partial charge in [-0.2, -0.15) is 0 Å². The molecule has 1 unspecified atom stereocenters. The van der Waals surface area contributed by atoms with E-state index < -0.39 is 0 Å². The summed E-state index contributed by atoms with van der Waals surface area (Å²) in [5.74, 6) is -0.170. The highest BCUT2D eigenvalue weighted by Gasteiger charge is 2.32. The minimum atomic E-state index is -0.256. The first kappa shape index (κ1) is 14.6. The minimum absolute atomic E-state index is 0.0175. The number of rotatable bonds is 3. The predicted molar refractivity (Wildman–Crippen MR) is 76.1 cm³/mol. The van der Waals surface area contributed by atoms with E-state index in [9.17, 15) is 4.79 Å². The zero-order chi connectivity index (χ0) is 14.9. The predicted octanol–water partition coefficient (Wildman–Crippen LogP) is 1.21. The Hall–Kier alpha value is -1.82. The number of pyridine rings is 1. The van der Waals surface area contributed by atoms with Crippen molar-refractivity contribution < 1.29 is 9.94 Å². The Balaban J connectivity index is 2.30. The molecule has 1 atom stereocenters. The van der Waals surface area contributed by atoms with Crippen LogP contribution in [-0.2, 0) is 11.3 Å². The van der Waals surface area contributed by atoms with Gasteiger partial charge in [0.05, 0.1) is 23.8 Å². The molecule has 1 fully saturated rings. The van der Waals surface area contributed by atoms with Crippen LogP contribution in [0.1, 0.15) is 37.9 Å². The summed E-state index contributed by atoms with van der Waals surface area (Å²) in [4.78, 5) is 12.4. The third kappa shape index (κ3) is 2.85. The molecule has 0 amide bonds. The molecular weight excluding hydrogens is 258 g/mol. The Morgan fingerprint density at radius 1 is 1.60 bits per heavy atom. The Bertz CT molecular complexity index is 590. The number of aryl methyl sites for hydroxylation is 1. The SMILES string of the molecule is Cc1ccc(/C(N)=N/O)c(=O)n1CC1CCC(C)(C)O1. The van der Waals surface area contributed by atoms with E-state index in [2.05, 4.69) is 19.0 Å². The van der Waals surface area contributed by atoms with Gasteiger partial charge in [0, 0.05) is 5.69 Å². The summed E-state index contributed by atoms with van der Waals surface area (Å²) in [5.41, 5.74) is 6.17. The van der Waals surface area contributed by atoms with Crippen molar-refractivity contribution in [1.29, 1.82) is 0 Å². The van der Waals surface area contributed by atoms with E-state index in [0.717, 1.165) is 18.5 Å². The molecule has 1 saturated heterocycles. The van der Waals surface area contributed by atoms with E-state index >= 15 is 0 Å². The molecule has 6 heteroatoms.